The van der Waals surface area contributed by atoms with Gasteiger partial charge in [0.1, 0.15) is 6.54 Å². The molecule has 0 bridgehead atoms. The first-order valence-electron chi connectivity index (χ1n) is 5.54. The topological polar surface area (TPSA) is 40.5 Å². The highest BCUT2D eigenvalue weighted by molar-refractivity contribution is 5.75. The average Bonchev–Trinajstić information content (AvgIpc) is 3.08. The van der Waals surface area contributed by atoms with E-state index in [9.17, 15) is 18.0 Å². The summed E-state index contributed by atoms with van der Waals surface area (Å²) in [4.78, 5) is 12.1. The molecule has 3 nitrogen and oxygen atoms in total. The van der Waals surface area contributed by atoms with Crippen molar-refractivity contribution in [2.24, 2.45) is 0 Å². The lowest BCUT2D eigenvalue weighted by Crippen LogP contribution is -2.33. The van der Waals surface area contributed by atoms with E-state index in [2.05, 4.69) is 0 Å². The first-order valence-corrected chi connectivity index (χ1v) is 5.54. The molecule has 0 radical (unpaired) electrons. The van der Waals surface area contributed by atoms with E-state index in [1.807, 2.05) is 0 Å². The molecule has 0 amide bonds. The van der Waals surface area contributed by atoms with E-state index in [0.29, 0.717) is 0 Å². The van der Waals surface area contributed by atoms with Crippen molar-refractivity contribution in [1.29, 1.82) is 0 Å². The van der Waals surface area contributed by atoms with E-state index >= 15 is 0 Å². The lowest BCUT2D eigenvalue weighted by atomic mass is 10.1. The average molecular weight is 259 g/mol. The highest BCUT2D eigenvalue weighted by atomic mass is 19.4. The summed E-state index contributed by atoms with van der Waals surface area (Å²) in [7, 11) is 0. The molecule has 98 valence electrons. The number of carbonyl (C=O) groups is 1. The number of anilines is 1. The van der Waals surface area contributed by atoms with Crippen LogP contribution in [0.25, 0.3) is 0 Å². The van der Waals surface area contributed by atoms with Crippen molar-refractivity contribution in [3.05, 3.63) is 29.8 Å². The van der Waals surface area contributed by atoms with E-state index in [1.165, 1.54) is 23.1 Å². The number of carboxylic acid groups (broad SMARTS) is 1. The Labute approximate surface area is 102 Å². The maximum absolute atomic E-state index is 12.9. The zero-order valence-corrected chi connectivity index (χ0v) is 9.44. The Hall–Kier alpha value is -1.72. The molecule has 0 saturated heterocycles. The van der Waals surface area contributed by atoms with Gasteiger partial charge < -0.3 is 10.0 Å². The number of carboxylic acids is 1. The molecule has 0 heterocycles. The standard InChI is InChI=1S/C12H12F3NO2/c13-12(14,15)9-3-1-2-4-10(9)16(7-11(17)18)8-5-6-8/h1-4,8H,5-7H2,(H,17,18). The van der Waals surface area contributed by atoms with Crippen LogP contribution in [-0.2, 0) is 11.0 Å². The molecule has 0 unspecified atom stereocenters. The number of benzene rings is 1. The number of alkyl halides is 3. The van der Waals surface area contributed by atoms with Crippen LogP contribution in [0.15, 0.2) is 24.3 Å². The summed E-state index contributed by atoms with van der Waals surface area (Å²) in [6, 6.07) is 5.00. The molecule has 0 aromatic heterocycles. The highest BCUT2D eigenvalue weighted by Crippen LogP contribution is 2.40. The monoisotopic (exact) mass is 259 g/mol. The zero-order valence-electron chi connectivity index (χ0n) is 9.44. The van der Waals surface area contributed by atoms with Gasteiger partial charge in [-0.15, -0.1) is 0 Å². The highest BCUT2D eigenvalue weighted by Gasteiger charge is 2.38. The fourth-order valence-corrected chi connectivity index (χ4v) is 1.91. The minimum Gasteiger partial charge on any atom is -0.480 e. The third-order valence-electron chi connectivity index (χ3n) is 2.81. The molecule has 0 atom stereocenters. The van der Waals surface area contributed by atoms with Crippen LogP contribution in [0.4, 0.5) is 18.9 Å². The van der Waals surface area contributed by atoms with Crippen LogP contribution in [0, 0.1) is 0 Å². The van der Waals surface area contributed by atoms with E-state index in [-0.39, 0.29) is 11.7 Å². The Kier molecular flexibility index (Phi) is 3.19. The first-order chi connectivity index (χ1) is 8.39. The summed E-state index contributed by atoms with van der Waals surface area (Å²) in [6.07, 6.45) is -3.00. The van der Waals surface area contributed by atoms with Crippen molar-refractivity contribution < 1.29 is 23.1 Å². The maximum atomic E-state index is 12.9. The summed E-state index contributed by atoms with van der Waals surface area (Å²) < 4.78 is 38.6. The Morgan fingerprint density at radius 3 is 2.44 bits per heavy atom. The summed E-state index contributed by atoms with van der Waals surface area (Å²) in [6.45, 7) is -0.405. The molecular weight excluding hydrogens is 247 g/mol. The van der Waals surface area contributed by atoms with Gasteiger partial charge in [0.05, 0.1) is 5.56 Å². The van der Waals surface area contributed by atoms with E-state index in [4.69, 9.17) is 5.11 Å². The second-order valence-corrected chi connectivity index (χ2v) is 4.27. The molecule has 1 aliphatic rings. The van der Waals surface area contributed by atoms with Crippen molar-refractivity contribution >= 4 is 11.7 Å². The Balaban J connectivity index is 2.38. The maximum Gasteiger partial charge on any atom is 0.418 e. The third-order valence-corrected chi connectivity index (χ3v) is 2.81. The van der Waals surface area contributed by atoms with Crippen molar-refractivity contribution in [3.63, 3.8) is 0 Å². The summed E-state index contributed by atoms with van der Waals surface area (Å²) in [5.41, 5.74) is -0.826. The van der Waals surface area contributed by atoms with Crippen molar-refractivity contribution in [3.8, 4) is 0 Å². The van der Waals surface area contributed by atoms with Crippen LogP contribution in [-0.4, -0.2) is 23.7 Å². The molecule has 1 N–H and O–H groups in total. The van der Waals surface area contributed by atoms with E-state index < -0.39 is 24.3 Å². The van der Waals surface area contributed by atoms with Gasteiger partial charge in [0.15, 0.2) is 0 Å². The van der Waals surface area contributed by atoms with Gasteiger partial charge in [-0.2, -0.15) is 13.2 Å². The summed E-state index contributed by atoms with van der Waals surface area (Å²) in [5.74, 6) is -1.13. The van der Waals surface area contributed by atoms with Gasteiger partial charge in [0.2, 0.25) is 0 Å². The molecule has 2 rings (SSSR count). The number of halogens is 3. The quantitative estimate of drug-likeness (QED) is 0.903. The van der Waals surface area contributed by atoms with Gasteiger partial charge in [-0.3, -0.25) is 4.79 Å². The second-order valence-electron chi connectivity index (χ2n) is 4.27. The Morgan fingerprint density at radius 2 is 1.94 bits per heavy atom. The predicted octanol–water partition coefficient (Wildman–Crippen LogP) is 2.76. The molecule has 1 aromatic rings. The molecule has 1 saturated carbocycles. The fourth-order valence-electron chi connectivity index (χ4n) is 1.91. The number of nitrogens with zero attached hydrogens (tertiary/aromatic N) is 1. The number of para-hydroxylation sites is 1. The minimum atomic E-state index is -4.47. The Bertz CT molecular complexity index is 455. The number of rotatable bonds is 4. The minimum absolute atomic E-state index is 0.0464. The molecule has 1 aliphatic carbocycles. The second kappa shape index (κ2) is 4.51. The third kappa shape index (κ3) is 2.75. The van der Waals surface area contributed by atoms with Gasteiger partial charge in [0.25, 0.3) is 0 Å². The lowest BCUT2D eigenvalue weighted by Gasteiger charge is -2.26. The summed E-state index contributed by atoms with van der Waals surface area (Å²) in [5, 5.41) is 8.79. The predicted molar refractivity (Wildman–Crippen MR) is 59.4 cm³/mol. The van der Waals surface area contributed by atoms with Crippen LogP contribution >= 0.6 is 0 Å². The van der Waals surface area contributed by atoms with Crippen LogP contribution in [0.2, 0.25) is 0 Å². The largest absolute Gasteiger partial charge is 0.480 e. The molecule has 1 fully saturated rings. The fraction of sp³-hybridized carbons (Fsp3) is 0.417. The van der Waals surface area contributed by atoms with Gasteiger partial charge >= 0.3 is 12.1 Å². The van der Waals surface area contributed by atoms with Crippen LogP contribution in [0.1, 0.15) is 18.4 Å². The van der Waals surface area contributed by atoms with Gasteiger partial charge in [0, 0.05) is 11.7 Å². The normalized spacial score (nSPS) is 15.5. The van der Waals surface area contributed by atoms with Crippen LogP contribution < -0.4 is 4.90 Å². The molecule has 6 heteroatoms. The van der Waals surface area contributed by atoms with Crippen molar-refractivity contribution in [2.45, 2.75) is 25.1 Å². The lowest BCUT2D eigenvalue weighted by molar-refractivity contribution is -0.138. The molecular formula is C12H12F3NO2. The van der Waals surface area contributed by atoms with Crippen molar-refractivity contribution in [1.82, 2.24) is 0 Å². The zero-order chi connectivity index (χ0) is 13.3. The number of hydrogen-bond donors (Lipinski definition) is 1. The molecule has 18 heavy (non-hydrogen) atoms. The van der Waals surface area contributed by atoms with Crippen LogP contribution in [0.3, 0.4) is 0 Å². The van der Waals surface area contributed by atoms with E-state index in [0.717, 1.165) is 18.9 Å². The van der Waals surface area contributed by atoms with E-state index in [1.54, 1.807) is 0 Å². The number of aliphatic carboxylic acids is 1. The summed E-state index contributed by atoms with van der Waals surface area (Å²) >= 11 is 0. The first kappa shape index (κ1) is 12.7. The van der Waals surface area contributed by atoms with Crippen LogP contribution in [0.5, 0.6) is 0 Å². The van der Waals surface area contributed by atoms with Gasteiger partial charge in [-0.25, -0.2) is 0 Å². The SMILES string of the molecule is O=C(O)CN(c1ccccc1C(F)(F)F)C1CC1. The van der Waals surface area contributed by atoms with Crippen molar-refractivity contribution in [2.75, 3.05) is 11.4 Å². The Morgan fingerprint density at radius 1 is 1.33 bits per heavy atom. The van der Waals surface area contributed by atoms with Gasteiger partial charge in [-0.1, -0.05) is 12.1 Å². The molecule has 0 aliphatic heterocycles. The smallest absolute Gasteiger partial charge is 0.418 e. The molecule has 1 aromatic carbocycles. The number of hydrogen-bond acceptors (Lipinski definition) is 2. The molecule has 0 spiro atoms. The van der Waals surface area contributed by atoms with Gasteiger partial charge in [-0.05, 0) is 25.0 Å².